The molecule has 78 valence electrons. The number of hydrogen-bond donors (Lipinski definition) is 1. The summed E-state index contributed by atoms with van der Waals surface area (Å²) < 4.78 is 25.2. The number of benzene rings is 1. The number of aliphatic hydroxyl groups is 1. The van der Waals surface area contributed by atoms with E-state index in [0.29, 0.717) is 0 Å². The fourth-order valence-electron chi connectivity index (χ4n) is 1.29. The molecule has 0 unspecified atom stereocenters. The molecule has 0 radical (unpaired) electrons. The summed E-state index contributed by atoms with van der Waals surface area (Å²) in [6.07, 6.45) is -2.68. The highest BCUT2D eigenvalue weighted by Crippen LogP contribution is 2.35. The third kappa shape index (κ3) is 2.22. The van der Waals surface area contributed by atoms with Crippen LogP contribution in [-0.2, 0) is 5.60 Å². The molecule has 0 saturated heterocycles. The molecule has 4 heteroatoms. The van der Waals surface area contributed by atoms with E-state index in [0.717, 1.165) is 0 Å². The van der Waals surface area contributed by atoms with Crippen LogP contribution >= 0.6 is 11.6 Å². The van der Waals surface area contributed by atoms with Crippen LogP contribution in [0.5, 0.6) is 0 Å². The Balaban J connectivity index is 3.36. The van der Waals surface area contributed by atoms with Gasteiger partial charge >= 0.3 is 0 Å². The molecule has 0 fully saturated rings. The molecular weight excluding hydrogens is 210 g/mol. The van der Waals surface area contributed by atoms with Crippen molar-refractivity contribution in [1.82, 2.24) is 0 Å². The Hall–Kier alpha value is -0.670. The Morgan fingerprint density at radius 3 is 2.29 bits per heavy atom. The molecule has 0 aliphatic rings. The molecule has 14 heavy (non-hydrogen) atoms. The monoisotopic (exact) mass is 220 g/mol. The largest absolute Gasteiger partial charge is 0.386 e. The fourth-order valence-corrected chi connectivity index (χ4v) is 1.55. The zero-order valence-electron chi connectivity index (χ0n) is 7.89. The van der Waals surface area contributed by atoms with Gasteiger partial charge in [-0.3, -0.25) is 0 Å². The molecule has 0 atom stereocenters. The lowest BCUT2D eigenvalue weighted by Gasteiger charge is -2.22. The summed E-state index contributed by atoms with van der Waals surface area (Å²) in [4.78, 5) is 0. The normalized spacial score (nSPS) is 12.2. The van der Waals surface area contributed by atoms with E-state index in [2.05, 4.69) is 0 Å². The summed E-state index contributed by atoms with van der Waals surface area (Å²) in [5.41, 5.74) is -1.43. The quantitative estimate of drug-likeness (QED) is 0.809. The van der Waals surface area contributed by atoms with E-state index in [-0.39, 0.29) is 16.1 Å². The third-order valence-electron chi connectivity index (χ3n) is 1.93. The Morgan fingerprint density at radius 2 is 1.93 bits per heavy atom. The van der Waals surface area contributed by atoms with Gasteiger partial charge in [-0.15, -0.1) is 0 Å². The minimum absolute atomic E-state index is 0.0142. The van der Waals surface area contributed by atoms with Crippen molar-refractivity contribution in [1.29, 1.82) is 0 Å². The zero-order valence-corrected chi connectivity index (χ0v) is 8.65. The van der Waals surface area contributed by atoms with Gasteiger partial charge < -0.3 is 5.11 Å². The average Bonchev–Trinajstić information content (AvgIpc) is 2.01. The first-order chi connectivity index (χ1) is 6.34. The molecule has 0 heterocycles. The van der Waals surface area contributed by atoms with Gasteiger partial charge in [0.25, 0.3) is 6.43 Å². The molecule has 0 aliphatic carbocycles. The molecule has 0 saturated carbocycles. The van der Waals surface area contributed by atoms with Gasteiger partial charge in [0.15, 0.2) is 0 Å². The second-order valence-corrected chi connectivity index (χ2v) is 3.97. The van der Waals surface area contributed by atoms with Crippen LogP contribution in [0, 0.1) is 0 Å². The molecular formula is C10H11ClF2O. The second-order valence-electron chi connectivity index (χ2n) is 3.56. The van der Waals surface area contributed by atoms with Crippen molar-refractivity contribution in [2.75, 3.05) is 0 Å². The Morgan fingerprint density at radius 1 is 1.36 bits per heavy atom. The molecule has 1 aromatic rings. The Kier molecular flexibility index (Phi) is 3.12. The van der Waals surface area contributed by atoms with Crippen molar-refractivity contribution in [2.45, 2.75) is 25.9 Å². The molecule has 0 aliphatic heterocycles. The highest BCUT2D eigenvalue weighted by molar-refractivity contribution is 6.31. The van der Waals surface area contributed by atoms with Crippen molar-refractivity contribution in [3.05, 3.63) is 34.3 Å². The minimum Gasteiger partial charge on any atom is -0.386 e. The standard InChI is InChI=1S/C10H11ClF2O/c1-10(2,14)6-4-3-5-7(11)8(6)9(12)13/h3-5,9,14H,1-2H3. The maximum absolute atomic E-state index is 12.6. The number of halogens is 3. The van der Waals surface area contributed by atoms with Crippen LogP contribution in [0.1, 0.15) is 31.4 Å². The van der Waals surface area contributed by atoms with E-state index in [9.17, 15) is 13.9 Å². The van der Waals surface area contributed by atoms with Crippen LogP contribution in [0.3, 0.4) is 0 Å². The van der Waals surface area contributed by atoms with Crippen molar-refractivity contribution >= 4 is 11.6 Å². The predicted molar refractivity (Wildman–Crippen MR) is 51.7 cm³/mol. The second kappa shape index (κ2) is 3.83. The summed E-state index contributed by atoms with van der Waals surface area (Å²) in [6, 6.07) is 4.38. The maximum Gasteiger partial charge on any atom is 0.265 e. The molecule has 1 N–H and O–H groups in total. The van der Waals surface area contributed by atoms with Gasteiger partial charge in [0.2, 0.25) is 0 Å². The molecule has 1 rings (SSSR count). The van der Waals surface area contributed by atoms with E-state index in [1.807, 2.05) is 0 Å². The van der Waals surface area contributed by atoms with E-state index in [1.54, 1.807) is 6.07 Å². The van der Waals surface area contributed by atoms with Gasteiger partial charge in [0.1, 0.15) is 0 Å². The average molecular weight is 221 g/mol. The highest BCUT2D eigenvalue weighted by Gasteiger charge is 2.25. The summed E-state index contributed by atoms with van der Waals surface area (Å²) in [5.74, 6) is 0. The maximum atomic E-state index is 12.6. The Labute approximate surface area is 86.3 Å². The summed E-state index contributed by atoms with van der Waals surface area (Å²) in [6.45, 7) is 2.90. The lowest BCUT2D eigenvalue weighted by molar-refractivity contribution is 0.0701. The van der Waals surface area contributed by atoms with Crippen LogP contribution < -0.4 is 0 Å². The molecule has 0 spiro atoms. The third-order valence-corrected chi connectivity index (χ3v) is 2.26. The van der Waals surface area contributed by atoms with E-state index < -0.39 is 12.0 Å². The molecule has 0 amide bonds. The Bertz CT molecular complexity index is 331. The zero-order chi connectivity index (χ0) is 10.9. The van der Waals surface area contributed by atoms with Crippen LogP contribution in [0.25, 0.3) is 0 Å². The van der Waals surface area contributed by atoms with Crippen LogP contribution in [0.4, 0.5) is 8.78 Å². The molecule has 0 bridgehead atoms. The topological polar surface area (TPSA) is 20.2 Å². The molecule has 1 nitrogen and oxygen atoms in total. The SMILES string of the molecule is CC(C)(O)c1cccc(Cl)c1C(F)F. The van der Waals surface area contributed by atoms with Gasteiger partial charge in [-0.05, 0) is 25.5 Å². The van der Waals surface area contributed by atoms with E-state index in [4.69, 9.17) is 11.6 Å². The van der Waals surface area contributed by atoms with Crippen molar-refractivity contribution < 1.29 is 13.9 Å². The number of alkyl halides is 2. The summed E-state index contributed by atoms with van der Waals surface area (Å²) >= 11 is 5.64. The first kappa shape index (κ1) is 11.4. The number of hydrogen-bond acceptors (Lipinski definition) is 1. The van der Waals surface area contributed by atoms with Gasteiger partial charge in [0, 0.05) is 10.6 Å². The van der Waals surface area contributed by atoms with Crippen LogP contribution in [-0.4, -0.2) is 5.11 Å². The van der Waals surface area contributed by atoms with Gasteiger partial charge in [-0.1, -0.05) is 23.7 Å². The number of rotatable bonds is 2. The fraction of sp³-hybridized carbons (Fsp3) is 0.400. The van der Waals surface area contributed by atoms with E-state index >= 15 is 0 Å². The lowest BCUT2D eigenvalue weighted by Crippen LogP contribution is -2.18. The summed E-state index contributed by atoms with van der Waals surface area (Å²) in [7, 11) is 0. The van der Waals surface area contributed by atoms with E-state index in [1.165, 1.54) is 26.0 Å². The first-order valence-electron chi connectivity index (χ1n) is 4.13. The lowest BCUT2D eigenvalue weighted by atomic mass is 9.93. The van der Waals surface area contributed by atoms with Crippen molar-refractivity contribution in [2.24, 2.45) is 0 Å². The summed E-state index contributed by atoms with van der Waals surface area (Å²) in [5, 5.41) is 9.64. The first-order valence-corrected chi connectivity index (χ1v) is 4.51. The smallest absolute Gasteiger partial charge is 0.265 e. The van der Waals surface area contributed by atoms with Crippen molar-refractivity contribution in [3.8, 4) is 0 Å². The van der Waals surface area contributed by atoms with Crippen LogP contribution in [0.15, 0.2) is 18.2 Å². The van der Waals surface area contributed by atoms with Gasteiger partial charge in [0.05, 0.1) is 5.60 Å². The minimum atomic E-state index is -2.68. The highest BCUT2D eigenvalue weighted by atomic mass is 35.5. The molecule has 0 aromatic heterocycles. The van der Waals surface area contributed by atoms with Gasteiger partial charge in [-0.2, -0.15) is 0 Å². The van der Waals surface area contributed by atoms with Crippen molar-refractivity contribution in [3.63, 3.8) is 0 Å². The van der Waals surface area contributed by atoms with Crippen LogP contribution in [0.2, 0.25) is 5.02 Å². The predicted octanol–water partition coefficient (Wildman–Crippen LogP) is 3.51. The molecule has 1 aromatic carbocycles. The van der Waals surface area contributed by atoms with Gasteiger partial charge in [-0.25, -0.2) is 8.78 Å².